The summed E-state index contributed by atoms with van der Waals surface area (Å²) < 4.78 is 7.91. The zero-order valence-electron chi connectivity index (χ0n) is 20.1. The molecule has 166 valence electrons. The number of fused-ring (bicyclic) bond motifs is 1. The van der Waals surface area contributed by atoms with Crippen molar-refractivity contribution in [3.63, 3.8) is 0 Å². The Labute approximate surface area is 189 Å². The summed E-state index contributed by atoms with van der Waals surface area (Å²) in [5, 5.41) is 1.18. The normalized spacial score (nSPS) is 12.8. The van der Waals surface area contributed by atoms with Gasteiger partial charge in [-0.2, -0.15) is 4.98 Å². The lowest BCUT2D eigenvalue weighted by atomic mass is 10.3. The average molecular weight is 464 g/mol. The summed E-state index contributed by atoms with van der Waals surface area (Å²) in [6, 6.07) is 3.17. The third kappa shape index (κ3) is 5.76. The smallest absolute Gasteiger partial charge is 0.225 e. The van der Waals surface area contributed by atoms with E-state index in [1.165, 1.54) is 0 Å². The predicted octanol–water partition coefficient (Wildman–Crippen LogP) is 6.97. The topological polar surface area (TPSA) is 39.9 Å². The molecule has 30 heavy (non-hydrogen) atoms. The maximum atomic E-state index is 6.28. The molecule has 0 aliphatic rings. The van der Waals surface area contributed by atoms with E-state index in [0.29, 0.717) is 23.4 Å². The maximum absolute atomic E-state index is 6.28. The molecule has 0 atom stereocenters. The van der Waals surface area contributed by atoms with E-state index < -0.39 is 16.1 Å². The van der Waals surface area contributed by atoms with Crippen LogP contribution in [-0.4, -0.2) is 37.3 Å². The van der Waals surface area contributed by atoms with Crippen LogP contribution in [-0.2, 0) is 11.5 Å². The molecule has 2 aromatic heterocycles. The molecule has 2 rings (SSSR count). The Morgan fingerprint density at radius 2 is 1.63 bits per heavy atom. The Balaban J connectivity index is 2.39. The van der Waals surface area contributed by atoms with Gasteiger partial charge in [-0.05, 0) is 40.3 Å². The van der Waals surface area contributed by atoms with Crippen molar-refractivity contribution in [2.45, 2.75) is 90.6 Å². The van der Waals surface area contributed by atoms with Crippen LogP contribution in [0.4, 0.5) is 0 Å². The highest BCUT2D eigenvalue weighted by atomic mass is 35.5. The lowest BCUT2D eigenvalue weighted by Gasteiger charge is -2.38. The first-order valence-electron chi connectivity index (χ1n) is 11.0. The minimum atomic E-state index is -1.84. The quantitative estimate of drug-likeness (QED) is 0.183. The Kier molecular flexibility index (Phi) is 8.37. The minimum absolute atomic E-state index is 0.236. The van der Waals surface area contributed by atoms with E-state index in [0.717, 1.165) is 29.4 Å². The second-order valence-electron chi connectivity index (χ2n) is 10.4. The first kappa shape index (κ1) is 25.1. The van der Waals surface area contributed by atoms with Crippen LogP contribution in [0.1, 0.15) is 47.2 Å². The van der Waals surface area contributed by atoms with Gasteiger partial charge in [0.05, 0.1) is 5.39 Å². The van der Waals surface area contributed by atoms with E-state index in [-0.39, 0.29) is 5.28 Å². The molecule has 0 spiro atoms. The van der Waals surface area contributed by atoms with Gasteiger partial charge in [0.25, 0.3) is 0 Å². The van der Waals surface area contributed by atoms with Crippen molar-refractivity contribution in [3.05, 3.63) is 23.2 Å². The number of nitrogens with zero attached hydrogens (tertiary/aromatic N) is 3. The molecular formula is C23H38ClN3OSi2. The van der Waals surface area contributed by atoms with Crippen molar-refractivity contribution in [2.75, 3.05) is 6.61 Å². The van der Waals surface area contributed by atoms with Gasteiger partial charge in [-0.3, -0.25) is 0 Å². The van der Waals surface area contributed by atoms with Crippen molar-refractivity contribution in [3.8, 4) is 11.5 Å². The SMILES string of the molecule is CC(C)[Si](C#Cc1nc(Cl)nc2c1ccn2COCC[Si](C)(C)C)(C(C)C)C(C)C. The molecule has 2 heterocycles. The van der Waals surface area contributed by atoms with Crippen molar-refractivity contribution >= 4 is 38.8 Å². The lowest BCUT2D eigenvalue weighted by Crippen LogP contribution is -2.43. The third-order valence-corrected chi connectivity index (χ3v) is 14.2. The Morgan fingerprint density at radius 1 is 1.03 bits per heavy atom. The highest BCUT2D eigenvalue weighted by Crippen LogP contribution is 2.40. The van der Waals surface area contributed by atoms with Gasteiger partial charge in [-0.15, -0.1) is 5.54 Å². The number of halogens is 1. The Bertz CT molecular complexity index is 898. The lowest BCUT2D eigenvalue weighted by molar-refractivity contribution is 0.0899. The summed E-state index contributed by atoms with van der Waals surface area (Å²) in [4.78, 5) is 8.94. The second kappa shape index (κ2) is 9.99. The molecule has 2 aromatic rings. The fraction of sp³-hybridized carbons (Fsp3) is 0.652. The van der Waals surface area contributed by atoms with Gasteiger partial charge in [-0.1, -0.05) is 67.1 Å². The van der Waals surface area contributed by atoms with Gasteiger partial charge in [0.2, 0.25) is 5.28 Å². The number of aromatic nitrogens is 3. The van der Waals surface area contributed by atoms with Crippen molar-refractivity contribution in [1.29, 1.82) is 0 Å². The fourth-order valence-electron chi connectivity index (χ4n) is 4.38. The first-order valence-corrected chi connectivity index (χ1v) is 17.3. The summed E-state index contributed by atoms with van der Waals surface area (Å²) in [6.07, 6.45) is 1.99. The highest BCUT2D eigenvalue weighted by molar-refractivity contribution is 6.90. The number of hydrogen-bond acceptors (Lipinski definition) is 3. The number of hydrogen-bond donors (Lipinski definition) is 0. The van der Waals surface area contributed by atoms with Crippen LogP contribution < -0.4 is 0 Å². The molecule has 0 radical (unpaired) electrons. The van der Waals surface area contributed by atoms with Gasteiger partial charge < -0.3 is 9.30 Å². The van der Waals surface area contributed by atoms with E-state index >= 15 is 0 Å². The van der Waals surface area contributed by atoms with Gasteiger partial charge in [0.15, 0.2) is 0 Å². The molecule has 0 N–H and O–H groups in total. The molecule has 0 aliphatic carbocycles. The van der Waals surface area contributed by atoms with Gasteiger partial charge in [0, 0.05) is 20.9 Å². The second-order valence-corrected chi connectivity index (χ2v) is 21.9. The predicted molar refractivity (Wildman–Crippen MR) is 135 cm³/mol. The molecule has 0 aromatic carbocycles. The van der Waals surface area contributed by atoms with Gasteiger partial charge >= 0.3 is 0 Å². The van der Waals surface area contributed by atoms with Crippen LogP contribution in [0.5, 0.6) is 0 Å². The highest BCUT2D eigenvalue weighted by Gasteiger charge is 2.41. The maximum Gasteiger partial charge on any atom is 0.225 e. The van der Waals surface area contributed by atoms with Gasteiger partial charge in [0.1, 0.15) is 26.1 Å². The largest absolute Gasteiger partial charge is 0.361 e. The molecular weight excluding hydrogens is 426 g/mol. The molecule has 0 unspecified atom stereocenters. The zero-order chi connectivity index (χ0) is 22.7. The molecule has 7 heteroatoms. The molecule has 0 saturated carbocycles. The van der Waals surface area contributed by atoms with E-state index in [1.807, 2.05) is 16.8 Å². The van der Waals surface area contributed by atoms with Crippen LogP contribution >= 0.6 is 11.6 Å². The van der Waals surface area contributed by atoms with E-state index in [2.05, 4.69) is 82.6 Å². The van der Waals surface area contributed by atoms with Crippen LogP contribution in [0.15, 0.2) is 12.3 Å². The fourth-order valence-corrected chi connectivity index (χ4v) is 10.5. The van der Waals surface area contributed by atoms with Crippen molar-refractivity contribution in [1.82, 2.24) is 14.5 Å². The van der Waals surface area contributed by atoms with E-state index in [9.17, 15) is 0 Å². The summed E-state index contributed by atoms with van der Waals surface area (Å²) in [5.74, 6) is 3.44. The van der Waals surface area contributed by atoms with Crippen molar-refractivity contribution in [2.24, 2.45) is 0 Å². The molecule has 0 fully saturated rings. The number of ether oxygens (including phenoxy) is 1. The zero-order valence-corrected chi connectivity index (χ0v) is 22.9. The van der Waals surface area contributed by atoms with Gasteiger partial charge in [-0.25, -0.2) is 4.98 Å². The molecule has 0 saturated heterocycles. The molecule has 0 aliphatic heterocycles. The Morgan fingerprint density at radius 3 is 2.17 bits per heavy atom. The summed E-state index contributed by atoms with van der Waals surface area (Å²) >= 11 is 6.28. The molecule has 4 nitrogen and oxygen atoms in total. The van der Waals surface area contributed by atoms with Crippen LogP contribution in [0.25, 0.3) is 11.0 Å². The number of rotatable bonds is 8. The van der Waals surface area contributed by atoms with E-state index in [1.54, 1.807) is 0 Å². The average Bonchev–Trinajstić information content (AvgIpc) is 3.00. The summed E-state index contributed by atoms with van der Waals surface area (Å²) in [5.41, 5.74) is 6.98. The monoisotopic (exact) mass is 463 g/mol. The van der Waals surface area contributed by atoms with Crippen LogP contribution in [0.3, 0.4) is 0 Å². The van der Waals surface area contributed by atoms with E-state index in [4.69, 9.17) is 16.3 Å². The van der Waals surface area contributed by atoms with Crippen LogP contribution in [0, 0.1) is 11.5 Å². The summed E-state index contributed by atoms with van der Waals surface area (Å²) in [7, 11) is -2.95. The third-order valence-electron chi connectivity index (χ3n) is 6.08. The molecule has 0 bridgehead atoms. The standard InChI is InChI=1S/C23H38ClN3OSi2/c1-17(2)30(18(3)4,19(5)6)14-11-21-20-10-12-27(22(20)26-23(24)25-21)16-28-13-15-29(7,8)9/h10,12,17-19H,13,15-16H2,1-9H3. The minimum Gasteiger partial charge on any atom is -0.361 e. The summed E-state index contributed by atoms with van der Waals surface area (Å²) in [6.45, 7) is 22.2. The Hall–Kier alpha value is -1.14. The first-order chi connectivity index (χ1) is 13.9. The van der Waals surface area contributed by atoms with Crippen molar-refractivity contribution < 1.29 is 4.74 Å². The van der Waals surface area contributed by atoms with Crippen LogP contribution in [0.2, 0.25) is 47.6 Å². The molecule has 0 amide bonds.